The quantitative estimate of drug-likeness (QED) is 0.192. The molecule has 0 radical (unpaired) electrons. The molecule has 3 amide bonds. The summed E-state index contributed by atoms with van der Waals surface area (Å²) in [5.41, 5.74) is 1.13. The van der Waals surface area contributed by atoms with Gasteiger partial charge in [-0.2, -0.15) is 0 Å². The van der Waals surface area contributed by atoms with E-state index in [2.05, 4.69) is 31.2 Å². The molecule has 268 valence electrons. The lowest BCUT2D eigenvalue weighted by Gasteiger charge is -2.34. The lowest BCUT2D eigenvalue weighted by Crippen LogP contribution is -2.57. The maximum atomic E-state index is 13.7. The maximum Gasteiger partial charge on any atom is 0.306 e. The van der Waals surface area contributed by atoms with Crippen LogP contribution in [0.3, 0.4) is 0 Å². The highest BCUT2D eigenvalue weighted by atomic mass is 35.5. The smallest absolute Gasteiger partial charge is 0.306 e. The van der Waals surface area contributed by atoms with Crippen LogP contribution in [0.15, 0.2) is 36.5 Å². The van der Waals surface area contributed by atoms with Crippen LogP contribution in [0.2, 0.25) is 0 Å². The van der Waals surface area contributed by atoms with Crippen molar-refractivity contribution in [2.24, 2.45) is 17.8 Å². The van der Waals surface area contributed by atoms with Gasteiger partial charge < -0.3 is 21.1 Å². The van der Waals surface area contributed by atoms with Crippen LogP contribution in [0, 0.1) is 17.8 Å². The molecule has 2 aromatic rings. The van der Waals surface area contributed by atoms with Crippen molar-refractivity contribution >= 4 is 36.1 Å². The van der Waals surface area contributed by atoms with Crippen LogP contribution < -0.4 is 16.0 Å². The monoisotopic (exact) mass is 689 g/mol. The highest BCUT2D eigenvalue weighted by Gasteiger charge is 2.33. The zero-order chi connectivity index (χ0) is 34.7. The number of piperidine rings is 1. The maximum absolute atomic E-state index is 13.7. The first-order chi connectivity index (χ1) is 22.3. The third-order valence-electron chi connectivity index (χ3n) is 9.51. The largest absolute Gasteiger partial charge is 0.481 e. The van der Waals surface area contributed by atoms with Crippen molar-refractivity contribution in [3.8, 4) is 0 Å². The molecule has 1 aromatic carbocycles. The highest BCUT2D eigenvalue weighted by molar-refractivity contribution is 5.92. The topological polar surface area (TPSA) is 159 Å². The van der Waals surface area contributed by atoms with Gasteiger partial charge in [0.1, 0.15) is 6.04 Å². The number of hydrogen-bond donors (Lipinski definition) is 4. The second kappa shape index (κ2) is 19.5. The number of nitrogens with zero attached hydrogens (tertiary/aromatic N) is 4. The number of hydrogen-bond acceptors (Lipinski definition) is 7. The number of rotatable bonds is 17. The van der Waals surface area contributed by atoms with E-state index in [1.165, 1.54) is 0 Å². The van der Waals surface area contributed by atoms with E-state index in [1.807, 2.05) is 72.0 Å². The van der Waals surface area contributed by atoms with Crippen molar-refractivity contribution in [3.63, 3.8) is 0 Å². The summed E-state index contributed by atoms with van der Waals surface area (Å²) in [4.78, 5) is 53.7. The Bertz CT molecular complexity index is 1320. The molecule has 1 fully saturated rings. The predicted octanol–water partition coefficient (Wildman–Crippen LogP) is 4.26. The van der Waals surface area contributed by atoms with Gasteiger partial charge in [-0.05, 0) is 70.0 Å². The van der Waals surface area contributed by atoms with Gasteiger partial charge in [-0.15, -0.1) is 17.5 Å². The van der Waals surface area contributed by atoms with Crippen molar-refractivity contribution < 1.29 is 24.3 Å². The number of benzene rings is 1. The molecule has 3 rings (SSSR count). The number of carboxylic acid groups (broad SMARTS) is 1. The molecule has 0 aliphatic carbocycles. The van der Waals surface area contributed by atoms with E-state index in [0.29, 0.717) is 12.8 Å². The molecule has 0 spiro atoms. The van der Waals surface area contributed by atoms with Crippen LogP contribution >= 0.6 is 12.4 Å². The number of carbonyl (C=O) groups is 4. The summed E-state index contributed by atoms with van der Waals surface area (Å²) >= 11 is 0. The first-order valence-electron chi connectivity index (χ1n) is 17.1. The summed E-state index contributed by atoms with van der Waals surface area (Å²) in [6, 6.07) is 7.93. The summed E-state index contributed by atoms with van der Waals surface area (Å²) in [6.45, 7) is 12.5. The number of carboxylic acids is 1. The molecule has 13 heteroatoms. The van der Waals surface area contributed by atoms with Crippen molar-refractivity contribution in [3.05, 3.63) is 47.8 Å². The van der Waals surface area contributed by atoms with Crippen molar-refractivity contribution in [2.45, 2.75) is 117 Å². The molecule has 4 N–H and O–H groups in total. The van der Waals surface area contributed by atoms with Crippen LogP contribution in [-0.2, 0) is 20.8 Å². The molecule has 1 aromatic heterocycles. The number of aliphatic carboxylic acids is 1. The van der Waals surface area contributed by atoms with E-state index in [-0.39, 0.29) is 66.3 Å². The van der Waals surface area contributed by atoms with Crippen LogP contribution in [0.1, 0.15) is 102 Å². The second-order valence-corrected chi connectivity index (χ2v) is 13.7. The average Bonchev–Trinajstić information content (AvgIpc) is 3.54. The minimum absolute atomic E-state index is 0. The fourth-order valence-electron chi connectivity index (χ4n) is 6.08. The van der Waals surface area contributed by atoms with Crippen molar-refractivity contribution in [1.82, 2.24) is 35.8 Å². The number of likely N-dealkylation sites (tertiary alicyclic amines) is 1. The van der Waals surface area contributed by atoms with Gasteiger partial charge in [0, 0.05) is 12.1 Å². The Kier molecular flexibility index (Phi) is 16.5. The zero-order valence-electron chi connectivity index (χ0n) is 29.5. The van der Waals surface area contributed by atoms with E-state index < -0.39 is 29.9 Å². The van der Waals surface area contributed by atoms with E-state index >= 15 is 0 Å². The number of halogens is 1. The molecule has 0 bridgehead atoms. The Balaban J connectivity index is 0.00000800. The van der Waals surface area contributed by atoms with Crippen LogP contribution in [0.5, 0.6) is 0 Å². The first kappa shape index (κ1) is 40.7. The normalized spacial score (nSPS) is 18.8. The van der Waals surface area contributed by atoms with E-state index in [0.717, 1.165) is 37.8 Å². The number of carbonyl (C=O) groups excluding carboxylic acids is 3. The van der Waals surface area contributed by atoms with Crippen LogP contribution in [-0.4, -0.2) is 86.5 Å². The summed E-state index contributed by atoms with van der Waals surface area (Å²) in [5.74, 6) is -2.22. The Labute approximate surface area is 291 Å². The fourth-order valence-corrected chi connectivity index (χ4v) is 6.08. The average molecular weight is 690 g/mol. The summed E-state index contributed by atoms with van der Waals surface area (Å²) in [7, 11) is 1.96. The molecule has 48 heavy (non-hydrogen) atoms. The van der Waals surface area contributed by atoms with Gasteiger partial charge in [-0.1, -0.05) is 83.0 Å². The molecule has 7 atom stereocenters. The van der Waals surface area contributed by atoms with E-state index in [9.17, 15) is 24.3 Å². The van der Waals surface area contributed by atoms with Crippen LogP contribution in [0.4, 0.5) is 0 Å². The Morgan fingerprint density at radius 1 is 0.979 bits per heavy atom. The molecular formula is C35H56ClN7O5. The van der Waals surface area contributed by atoms with Gasteiger partial charge in [0.15, 0.2) is 5.69 Å². The standard InChI is InChI=1S/C35H55N7O5.ClH/c1-8-23(4)31(38-33(44)30-16-12-13-17-41(30)7)34(45)37-28(22(2)3)19-25(6)42-21-29(39-40-42)32(43)36-27(18-24(5)35(46)47)20-26-14-10-9-11-15-26;/h9-11,14-15,21-25,27-28,30-31H,8,12-13,16-20H2,1-7H3,(H,36,43)(H,37,45)(H,38,44)(H,46,47);1H/t23-,24-,25+,27+,28+,30+,31-;/m0./s1. The van der Waals surface area contributed by atoms with Gasteiger partial charge in [0.05, 0.1) is 24.2 Å². The Hall–Kier alpha value is -3.51. The number of amides is 3. The summed E-state index contributed by atoms with van der Waals surface area (Å²) < 4.78 is 1.62. The molecule has 0 unspecified atom stereocenters. The van der Waals surface area contributed by atoms with E-state index in [1.54, 1.807) is 17.8 Å². The molecule has 1 saturated heterocycles. The number of aromatic nitrogens is 3. The lowest BCUT2D eigenvalue weighted by molar-refractivity contribution is -0.141. The second-order valence-electron chi connectivity index (χ2n) is 13.7. The summed E-state index contributed by atoms with van der Waals surface area (Å²) in [6.07, 6.45) is 6.48. The predicted molar refractivity (Wildman–Crippen MR) is 188 cm³/mol. The third-order valence-corrected chi connectivity index (χ3v) is 9.51. The van der Waals surface area contributed by atoms with Gasteiger partial charge in [-0.25, -0.2) is 4.68 Å². The first-order valence-corrected chi connectivity index (χ1v) is 17.1. The minimum Gasteiger partial charge on any atom is -0.481 e. The van der Waals surface area contributed by atoms with E-state index in [4.69, 9.17) is 0 Å². The van der Waals surface area contributed by atoms with Crippen molar-refractivity contribution in [2.75, 3.05) is 13.6 Å². The molecular weight excluding hydrogens is 634 g/mol. The molecule has 1 aliphatic heterocycles. The van der Waals surface area contributed by atoms with Crippen molar-refractivity contribution in [1.29, 1.82) is 0 Å². The van der Waals surface area contributed by atoms with Gasteiger partial charge in [-0.3, -0.25) is 24.1 Å². The molecule has 12 nitrogen and oxygen atoms in total. The minimum atomic E-state index is -0.918. The lowest BCUT2D eigenvalue weighted by atomic mass is 9.93. The van der Waals surface area contributed by atoms with Gasteiger partial charge in [0.25, 0.3) is 5.91 Å². The molecule has 1 aliphatic rings. The zero-order valence-corrected chi connectivity index (χ0v) is 30.3. The number of likely N-dealkylation sites (N-methyl/N-ethyl adjacent to an activating group) is 1. The Morgan fingerprint density at radius 2 is 1.67 bits per heavy atom. The SMILES string of the molecule is CC[C@H](C)[C@H](NC(=O)[C@H]1CCCCN1C)C(=O)N[C@H](C[C@@H](C)n1cc(C(=O)N[C@@H](Cc2ccccc2)C[C@H](C)C(=O)O)nn1)C(C)C.Cl. The number of nitrogens with one attached hydrogen (secondary N) is 3. The Morgan fingerprint density at radius 3 is 2.27 bits per heavy atom. The van der Waals surface area contributed by atoms with Gasteiger partial charge >= 0.3 is 5.97 Å². The molecule has 2 heterocycles. The van der Waals surface area contributed by atoms with Crippen LogP contribution in [0.25, 0.3) is 0 Å². The van der Waals surface area contributed by atoms with Gasteiger partial charge in [0.2, 0.25) is 11.8 Å². The fraction of sp³-hybridized carbons (Fsp3) is 0.657. The highest BCUT2D eigenvalue weighted by Crippen LogP contribution is 2.20. The summed E-state index contributed by atoms with van der Waals surface area (Å²) in [5, 5.41) is 27.0. The molecule has 0 saturated carbocycles. The third kappa shape index (κ3) is 11.9.